The molecule has 0 bridgehead atoms. The van der Waals surface area contributed by atoms with Crippen LogP contribution in [0.25, 0.3) is 11.3 Å². The monoisotopic (exact) mass is 498 g/mol. The van der Waals surface area contributed by atoms with Crippen molar-refractivity contribution in [1.29, 1.82) is 0 Å². The number of ether oxygens (including phenoxy) is 1. The summed E-state index contributed by atoms with van der Waals surface area (Å²) in [6.45, 7) is 2.43. The summed E-state index contributed by atoms with van der Waals surface area (Å²) in [5.41, 5.74) is 9.20. The van der Waals surface area contributed by atoms with Gasteiger partial charge in [-0.15, -0.1) is 0 Å². The zero-order valence-electron chi connectivity index (χ0n) is 20.9. The van der Waals surface area contributed by atoms with Gasteiger partial charge in [0.2, 0.25) is 5.91 Å². The summed E-state index contributed by atoms with van der Waals surface area (Å²) in [5.74, 6) is 0.854. The lowest BCUT2D eigenvalue weighted by Gasteiger charge is -2.17. The molecule has 0 radical (unpaired) electrons. The second-order valence-electron chi connectivity index (χ2n) is 8.50. The molecule has 4 rings (SSSR count). The van der Waals surface area contributed by atoms with Crippen LogP contribution in [0.1, 0.15) is 16.8 Å². The third-order valence-corrected chi connectivity index (χ3v) is 5.98. The highest BCUT2D eigenvalue weighted by atomic mass is 16.5. The van der Waals surface area contributed by atoms with Gasteiger partial charge in [0.15, 0.2) is 5.82 Å². The first kappa shape index (κ1) is 25.4. The Bertz CT molecular complexity index is 1440. The minimum atomic E-state index is -0.392. The number of benzene rings is 2. The standard InChI is InChI=1S/C28H30N6O3/c1-19-21(12-13-25(29)33-19)16-31-26(35)18-34-23(22-10-6-7-11-24(22)37-2)17-32-27(28(34)36)30-15-14-20-8-4-3-5-9-20/h3-13,17H,14-16,18H2,1-2H3,(H2,29,33)(H,30,32)(H,31,35). The maximum Gasteiger partial charge on any atom is 0.294 e. The normalized spacial score (nSPS) is 10.6. The number of aryl methyl sites for hydroxylation is 1. The van der Waals surface area contributed by atoms with Crippen LogP contribution in [0, 0.1) is 6.92 Å². The van der Waals surface area contributed by atoms with Crippen molar-refractivity contribution in [2.75, 3.05) is 24.7 Å². The van der Waals surface area contributed by atoms with Crippen LogP contribution in [0.15, 0.2) is 77.7 Å². The zero-order valence-corrected chi connectivity index (χ0v) is 20.9. The Morgan fingerprint density at radius 3 is 2.57 bits per heavy atom. The van der Waals surface area contributed by atoms with E-state index in [0.29, 0.717) is 29.4 Å². The van der Waals surface area contributed by atoms with Crippen LogP contribution in [0.4, 0.5) is 11.6 Å². The van der Waals surface area contributed by atoms with Gasteiger partial charge in [-0.25, -0.2) is 9.97 Å². The first-order valence-corrected chi connectivity index (χ1v) is 12.0. The van der Waals surface area contributed by atoms with E-state index in [1.54, 1.807) is 25.4 Å². The van der Waals surface area contributed by atoms with Gasteiger partial charge in [-0.05, 0) is 42.7 Å². The number of anilines is 2. The van der Waals surface area contributed by atoms with Crippen molar-refractivity contribution in [1.82, 2.24) is 19.9 Å². The van der Waals surface area contributed by atoms with Gasteiger partial charge in [0.25, 0.3) is 5.56 Å². The summed E-state index contributed by atoms with van der Waals surface area (Å²) in [6, 6.07) is 20.8. The van der Waals surface area contributed by atoms with Crippen LogP contribution in [-0.4, -0.2) is 34.1 Å². The average molecular weight is 499 g/mol. The molecular weight excluding hydrogens is 468 g/mol. The number of methoxy groups -OCH3 is 1. The van der Waals surface area contributed by atoms with E-state index in [4.69, 9.17) is 10.5 Å². The van der Waals surface area contributed by atoms with E-state index in [0.717, 1.165) is 23.2 Å². The molecule has 1 amide bonds. The third-order valence-electron chi connectivity index (χ3n) is 5.98. The van der Waals surface area contributed by atoms with Crippen LogP contribution in [0.2, 0.25) is 0 Å². The number of nitrogens with one attached hydrogen (secondary N) is 2. The number of carbonyl (C=O) groups excluding carboxylic acids is 1. The van der Waals surface area contributed by atoms with E-state index in [1.807, 2.05) is 61.5 Å². The van der Waals surface area contributed by atoms with Gasteiger partial charge in [0.1, 0.15) is 18.1 Å². The molecule has 0 aliphatic carbocycles. The van der Waals surface area contributed by atoms with Gasteiger partial charge < -0.3 is 21.1 Å². The van der Waals surface area contributed by atoms with Gasteiger partial charge in [-0.1, -0.05) is 48.5 Å². The Balaban J connectivity index is 1.58. The minimum Gasteiger partial charge on any atom is -0.496 e. The number of amides is 1. The molecule has 2 aromatic carbocycles. The van der Waals surface area contributed by atoms with E-state index in [2.05, 4.69) is 20.6 Å². The van der Waals surface area contributed by atoms with Crippen LogP contribution < -0.4 is 26.7 Å². The summed E-state index contributed by atoms with van der Waals surface area (Å²) >= 11 is 0. The molecule has 0 aliphatic heterocycles. The molecule has 190 valence electrons. The molecule has 37 heavy (non-hydrogen) atoms. The predicted octanol–water partition coefficient (Wildman–Crippen LogP) is 3.18. The van der Waals surface area contributed by atoms with Crippen molar-refractivity contribution in [3.05, 3.63) is 100 Å². The maximum atomic E-state index is 13.5. The van der Waals surface area contributed by atoms with E-state index in [-0.39, 0.29) is 24.8 Å². The topological polar surface area (TPSA) is 124 Å². The Kier molecular flexibility index (Phi) is 8.15. The van der Waals surface area contributed by atoms with Gasteiger partial charge >= 0.3 is 0 Å². The molecule has 0 fully saturated rings. The lowest BCUT2D eigenvalue weighted by atomic mass is 10.1. The minimum absolute atomic E-state index is 0.181. The number of nitrogens with zero attached hydrogens (tertiary/aromatic N) is 3. The lowest BCUT2D eigenvalue weighted by Crippen LogP contribution is -2.34. The first-order chi connectivity index (χ1) is 18.0. The van der Waals surface area contributed by atoms with Crippen molar-refractivity contribution in [3.8, 4) is 17.0 Å². The molecule has 2 heterocycles. The Hall–Kier alpha value is -4.66. The van der Waals surface area contributed by atoms with Crippen molar-refractivity contribution in [2.45, 2.75) is 26.4 Å². The lowest BCUT2D eigenvalue weighted by molar-refractivity contribution is -0.121. The van der Waals surface area contributed by atoms with E-state index < -0.39 is 5.56 Å². The van der Waals surface area contributed by atoms with E-state index >= 15 is 0 Å². The summed E-state index contributed by atoms with van der Waals surface area (Å²) in [6.07, 6.45) is 2.32. The molecule has 0 atom stereocenters. The molecule has 4 aromatic rings. The van der Waals surface area contributed by atoms with Crippen LogP contribution in [-0.2, 0) is 24.3 Å². The molecule has 0 unspecified atom stereocenters. The smallest absolute Gasteiger partial charge is 0.294 e. The SMILES string of the molecule is COc1ccccc1-c1cnc(NCCc2ccccc2)c(=O)n1CC(=O)NCc1ccc(N)nc1C. The number of pyridine rings is 1. The van der Waals surface area contributed by atoms with Crippen LogP contribution in [0.3, 0.4) is 0 Å². The molecule has 0 saturated carbocycles. The molecule has 0 spiro atoms. The number of nitrogen functional groups attached to an aromatic ring is 1. The molecule has 9 nitrogen and oxygen atoms in total. The highest BCUT2D eigenvalue weighted by Gasteiger charge is 2.17. The average Bonchev–Trinajstić information content (AvgIpc) is 2.91. The Morgan fingerprint density at radius 1 is 1.05 bits per heavy atom. The Morgan fingerprint density at radius 2 is 1.81 bits per heavy atom. The van der Waals surface area contributed by atoms with Crippen LogP contribution in [0.5, 0.6) is 5.75 Å². The van der Waals surface area contributed by atoms with Crippen molar-refractivity contribution < 1.29 is 9.53 Å². The van der Waals surface area contributed by atoms with E-state index in [1.165, 1.54) is 4.57 Å². The highest BCUT2D eigenvalue weighted by molar-refractivity contribution is 5.77. The first-order valence-electron chi connectivity index (χ1n) is 12.0. The number of hydrogen-bond acceptors (Lipinski definition) is 7. The van der Waals surface area contributed by atoms with Gasteiger partial charge in [0.05, 0.1) is 19.0 Å². The summed E-state index contributed by atoms with van der Waals surface area (Å²) < 4.78 is 6.91. The zero-order chi connectivity index (χ0) is 26.2. The molecule has 0 saturated heterocycles. The van der Waals surface area contributed by atoms with Crippen LogP contribution >= 0.6 is 0 Å². The maximum absolute atomic E-state index is 13.5. The van der Waals surface area contributed by atoms with Gasteiger partial charge in [0, 0.05) is 24.3 Å². The summed E-state index contributed by atoms with van der Waals surface area (Å²) in [7, 11) is 1.56. The Labute approximate surface area is 215 Å². The second kappa shape index (κ2) is 11.9. The number of para-hydroxylation sites is 1. The fraction of sp³-hybridized carbons (Fsp3) is 0.214. The number of aromatic nitrogens is 3. The second-order valence-corrected chi connectivity index (χ2v) is 8.50. The number of rotatable bonds is 10. The number of carbonyl (C=O) groups is 1. The largest absolute Gasteiger partial charge is 0.496 e. The molecular formula is C28H30N6O3. The fourth-order valence-electron chi connectivity index (χ4n) is 4.00. The number of hydrogen-bond donors (Lipinski definition) is 3. The molecule has 0 aliphatic rings. The summed E-state index contributed by atoms with van der Waals surface area (Å²) in [4.78, 5) is 35.1. The van der Waals surface area contributed by atoms with Gasteiger partial charge in [-0.3, -0.25) is 14.2 Å². The van der Waals surface area contributed by atoms with Crippen molar-refractivity contribution in [2.24, 2.45) is 0 Å². The highest BCUT2D eigenvalue weighted by Crippen LogP contribution is 2.28. The van der Waals surface area contributed by atoms with E-state index in [9.17, 15) is 9.59 Å². The van der Waals surface area contributed by atoms with Gasteiger partial charge in [-0.2, -0.15) is 0 Å². The van der Waals surface area contributed by atoms with Crippen molar-refractivity contribution >= 4 is 17.5 Å². The number of nitrogens with two attached hydrogens (primary N) is 1. The molecule has 4 N–H and O–H groups in total. The quantitative estimate of drug-likeness (QED) is 0.307. The summed E-state index contributed by atoms with van der Waals surface area (Å²) in [5, 5.41) is 6.00. The molecule has 9 heteroatoms. The third kappa shape index (κ3) is 6.32. The van der Waals surface area contributed by atoms with Crippen molar-refractivity contribution in [3.63, 3.8) is 0 Å². The fourth-order valence-corrected chi connectivity index (χ4v) is 4.00. The molecule has 2 aromatic heterocycles. The predicted molar refractivity (Wildman–Crippen MR) is 144 cm³/mol.